The molecule has 0 spiro atoms. The van der Waals surface area contributed by atoms with Crippen LogP contribution in [0.3, 0.4) is 0 Å². The van der Waals surface area contributed by atoms with E-state index in [-0.39, 0.29) is 175 Å². The molecule has 31 heteroatoms. The molecular formula is C118H165ClFN9O20. The molecule has 2 amide bonds. The number of allylic oxidation sites excluding steroid dienone is 10. The first-order chi connectivity index (χ1) is 69.2. The zero-order valence-corrected chi connectivity index (χ0v) is 94.5. The number of aliphatic hydroxyl groups is 2. The maximum atomic E-state index is 12.6. The monoisotopic (exact) mass is 2080 g/mol. The lowest BCUT2D eigenvalue weighted by atomic mass is 9.88. The summed E-state index contributed by atoms with van der Waals surface area (Å²) < 4.78 is 26.4. The van der Waals surface area contributed by atoms with Crippen molar-refractivity contribution in [2.75, 3.05) is 7.11 Å². The number of hydrogen-bond donors (Lipinski definition) is 5. The number of rotatable bonds is 28. The predicted molar refractivity (Wildman–Crippen MR) is 594 cm³/mol. The number of esters is 1. The standard InChI is InChI=1S/2C14H21NO2.2C12H17NO2.C11H15NO3.C11H15NO2.C10H13NO2.C9H11ClO.C9H12O.C8H12FNO.C8H11NO2/c2*1-10(2)12-7-6-8-15(13(12)17)9-14(4,5)11(3)16;2*1-9(2)11-5-4-7-13(12(11)15)8-6-10(3)14;1-8(2)9-5-4-6-12(11(9)14)7-10(13)15-3;1-8(2)10-5-4-6-12(11(10)14)7-9(3)13;1-6(2)9-4-8(7(3)12)5-11-10(9)13;1-6(2)8-5-7(10)3-4-9(8)11;1-7(2)8-5-3-4-6-9(8)10;1-5(2)7-3-6(9)4-10-8(7)11;1-5(2)6-3-4-7(10)9-8(6)11/h2*6-8,10H,9H2,1-5H3;2*4-5,7,9H,6,8H2,1-3H3;4-6,8H,7H2,1-3H3;4-6,8H,7H2,1-3H3;4-6,12H,3H2,1-2H3,(H,11,13);3,5-6H,4H2,1-2H3;3-5,7H,6H2,1-2H3;3-5,8,10-11H,1-2H3;3,5H,4H2,1-2H3,(H,9,10,11). The lowest BCUT2D eigenvalue weighted by Gasteiger charge is -2.22. The van der Waals surface area contributed by atoms with E-state index in [4.69, 9.17) is 16.7 Å². The summed E-state index contributed by atoms with van der Waals surface area (Å²) in [5.41, 5.74) is 7.87. The van der Waals surface area contributed by atoms with Gasteiger partial charge in [-0.15, -0.1) is 0 Å². The van der Waals surface area contributed by atoms with Crippen LogP contribution in [0.4, 0.5) is 4.39 Å². The van der Waals surface area contributed by atoms with Crippen molar-refractivity contribution in [3.63, 3.8) is 0 Å². The van der Waals surface area contributed by atoms with E-state index in [0.717, 1.165) is 45.2 Å². The number of hydrogen-bond acceptors (Lipinski definition) is 21. The molecule has 4 aliphatic rings. The van der Waals surface area contributed by atoms with E-state index in [1.165, 1.54) is 49.3 Å². The minimum absolute atomic E-state index is 0.00648. The van der Waals surface area contributed by atoms with Gasteiger partial charge in [-0.25, -0.2) is 4.39 Å². The molecule has 1 atom stereocenters. The molecule has 11 rings (SSSR count). The minimum Gasteiger partial charge on any atom is -0.508 e. The maximum Gasteiger partial charge on any atom is 0.325 e. The summed E-state index contributed by atoms with van der Waals surface area (Å²) in [7, 11) is 1.31. The zero-order valence-electron chi connectivity index (χ0n) is 93.8. The average Bonchev–Trinajstić information content (AvgIpc) is 0.820. The van der Waals surface area contributed by atoms with Gasteiger partial charge in [0.15, 0.2) is 11.6 Å². The predicted octanol–water partition coefficient (Wildman–Crippen LogP) is 20.5. The zero-order chi connectivity index (χ0) is 114. The molecule has 7 aromatic rings. The fourth-order valence-corrected chi connectivity index (χ4v) is 14.4. The van der Waals surface area contributed by atoms with Crippen molar-refractivity contribution in [2.45, 2.75) is 334 Å². The SMILES string of the molecule is C=C(O)c1c[nH]c(=O)c(C(C)C)c1.CC(=O)C(C)(C)Cn1cccc(C(C)C)c1=O.CC(=O)C(C)(C)Cn1cccc(C(C)C)c1=O.CC(=O)CCn1cccc(C(C)C)c1=O.CC(=O)CCn1cccc(C(C)C)c1=O.CC(=O)Cn1cccc(C(C)C)c1=O.CC(C)C1=CC(Cl)=CCC1=O.CC(C)C1=CC(F)=CNC1O.CC(C)C1=CC=CCC1=O.CC(C)C1=CCC(=O)NC1=O.COC(=O)Cn1cccc(C(C)C)c1=O. The van der Waals surface area contributed by atoms with Gasteiger partial charge in [0.1, 0.15) is 53.3 Å². The molecule has 29 nitrogen and oxygen atoms in total. The number of H-pyrrole nitrogens is 1. The Balaban J connectivity index is 0.000000822. The van der Waals surface area contributed by atoms with Gasteiger partial charge in [-0.3, -0.25) is 86.8 Å². The summed E-state index contributed by atoms with van der Waals surface area (Å²) in [6.45, 7) is 63.9. The van der Waals surface area contributed by atoms with Crippen LogP contribution in [0.25, 0.3) is 5.76 Å². The summed E-state index contributed by atoms with van der Waals surface area (Å²) in [6.07, 6.45) is 26.6. The number of carbonyl (C=O) groups excluding carboxylic acids is 10. The lowest BCUT2D eigenvalue weighted by Crippen LogP contribution is -2.35. The van der Waals surface area contributed by atoms with Crippen molar-refractivity contribution >= 4 is 75.6 Å². The summed E-state index contributed by atoms with van der Waals surface area (Å²) in [4.78, 5) is 196. The van der Waals surface area contributed by atoms with Crippen molar-refractivity contribution in [1.29, 1.82) is 0 Å². The molecule has 2 aliphatic carbocycles. The van der Waals surface area contributed by atoms with E-state index >= 15 is 0 Å². The third-order valence-corrected chi connectivity index (χ3v) is 24.2. The minimum atomic E-state index is -0.727. The van der Waals surface area contributed by atoms with Gasteiger partial charge in [-0.1, -0.05) is 265 Å². The average molecular weight is 2080 g/mol. The maximum absolute atomic E-state index is 12.6. The second-order valence-corrected chi connectivity index (χ2v) is 41.8. The Kier molecular flexibility index (Phi) is 58.7. The third kappa shape index (κ3) is 47.4. The van der Waals surface area contributed by atoms with Gasteiger partial charge < -0.3 is 52.7 Å². The van der Waals surface area contributed by atoms with Crippen LogP contribution in [0.1, 0.15) is 333 Å². The number of ether oxygens (including phenoxy) is 1. The van der Waals surface area contributed by atoms with Crippen molar-refractivity contribution in [2.24, 2.45) is 34.5 Å². The van der Waals surface area contributed by atoms with E-state index < -0.39 is 23.0 Å². The first kappa shape index (κ1) is 134. The number of carbonyl (C=O) groups is 10. The van der Waals surface area contributed by atoms with Crippen LogP contribution in [0.15, 0.2) is 244 Å². The van der Waals surface area contributed by atoms with Crippen LogP contribution in [0.5, 0.6) is 0 Å². The number of aromatic nitrogens is 7. The fourth-order valence-electron chi connectivity index (χ4n) is 14.2. The highest BCUT2D eigenvalue weighted by Crippen LogP contribution is 2.26. The first-order valence-corrected chi connectivity index (χ1v) is 51.0. The number of aliphatic hydroxyl groups excluding tert-OH is 2. The number of amides is 2. The van der Waals surface area contributed by atoms with Crippen molar-refractivity contribution < 1.29 is 67.3 Å². The van der Waals surface area contributed by atoms with E-state index in [1.54, 1.807) is 112 Å². The molecule has 2 aliphatic heterocycles. The summed E-state index contributed by atoms with van der Waals surface area (Å²) in [6, 6.07) is 23.7. The smallest absolute Gasteiger partial charge is 0.325 e. The lowest BCUT2D eigenvalue weighted by molar-refractivity contribution is -0.141. The number of imide groups is 1. The highest BCUT2D eigenvalue weighted by atomic mass is 35.5. The van der Waals surface area contributed by atoms with Crippen LogP contribution in [-0.4, -0.2) is 114 Å². The molecule has 1 unspecified atom stereocenters. The number of ketones is 7. The van der Waals surface area contributed by atoms with Crippen LogP contribution >= 0.6 is 11.6 Å². The molecule has 0 aromatic carbocycles. The Hall–Kier alpha value is -13.4. The molecule has 5 N–H and O–H groups in total. The Morgan fingerprint density at radius 2 is 0.799 bits per heavy atom. The van der Waals surface area contributed by atoms with E-state index in [1.807, 2.05) is 253 Å². The van der Waals surface area contributed by atoms with Gasteiger partial charge in [-0.2, -0.15) is 0 Å². The number of aryl methyl sites for hydroxylation is 2. The Labute approximate surface area is 883 Å². The highest BCUT2D eigenvalue weighted by molar-refractivity contribution is 6.32. The number of halogens is 2. The number of Topliss-reactive ketones (excluding diaryl/α,β-unsaturated/α-hetero) is 7. The summed E-state index contributed by atoms with van der Waals surface area (Å²) in [5.74, 6) is 2.01. The van der Waals surface area contributed by atoms with Gasteiger partial charge >= 0.3 is 5.97 Å². The molecule has 149 heavy (non-hydrogen) atoms. The van der Waals surface area contributed by atoms with Crippen LogP contribution in [0.2, 0.25) is 0 Å². The highest BCUT2D eigenvalue weighted by Gasteiger charge is 2.28. The van der Waals surface area contributed by atoms with Crippen molar-refractivity contribution in [3.8, 4) is 0 Å². The molecule has 0 saturated carbocycles. The summed E-state index contributed by atoms with van der Waals surface area (Å²) >= 11 is 5.75. The fraction of sp³-hybridized carbons (Fsp3) is 0.483. The second kappa shape index (κ2) is 65.5. The number of methoxy groups -OCH3 is 1. The van der Waals surface area contributed by atoms with Crippen molar-refractivity contribution in [3.05, 3.63) is 328 Å². The number of dihydropyridines is 1. The second-order valence-electron chi connectivity index (χ2n) is 41.4. The van der Waals surface area contributed by atoms with Gasteiger partial charge in [0.25, 0.3) is 44.8 Å². The molecule has 0 bridgehead atoms. The van der Waals surface area contributed by atoms with E-state index in [9.17, 15) is 91.0 Å². The topological polar surface area (TPSA) is 409 Å². The van der Waals surface area contributed by atoms with E-state index in [0.29, 0.717) is 97.1 Å². The Bertz CT molecular complexity index is 6240. The van der Waals surface area contributed by atoms with Gasteiger partial charge in [-0.05, 0) is 171 Å². The molecule has 9 heterocycles. The molecule has 816 valence electrons. The molecule has 0 radical (unpaired) electrons. The summed E-state index contributed by atoms with van der Waals surface area (Å²) in [5, 5.41) is 23.8. The quantitative estimate of drug-likeness (QED) is 0.0173. The van der Waals surface area contributed by atoms with Gasteiger partial charge in [0, 0.05) is 174 Å². The Morgan fingerprint density at radius 1 is 0.450 bits per heavy atom. The number of nitrogens with zero attached hydrogens (tertiary/aromatic N) is 6. The number of aromatic amines is 1. The number of nitrogens with one attached hydrogen (secondary N) is 3. The van der Waals surface area contributed by atoms with Gasteiger partial charge in [0.05, 0.1) is 13.7 Å². The van der Waals surface area contributed by atoms with Crippen LogP contribution < -0.4 is 49.5 Å². The molecule has 0 saturated heterocycles. The normalized spacial score (nSPS) is 13.5. The third-order valence-electron chi connectivity index (χ3n) is 24.0. The van der Waals surface area contributed by atoms with Crippen LogP contribution in [-0.2, 0) is 92.0 Å². The van der Waals surface area contributed by atoms with Crippen LogP contribution in [0, 0.1) is 34.5 Å². The first-order valence-electron chi connectivity index (χ1n) is 50.6. The van der Waals surface area contributed by atoms with E-state index in [2.05, 4.69) is 26.9 Å². The Morgan fingerprint density at radius 3 is 1.10 bits per heavy atom. The van der Waals surface area contributed by atoms with Gasteiger partial charge in [0.2, 0.25) is 5.91 Å². The largest absolute Gasteiger partial charge is 0.508 e. The molecule has 0 fully saturated rings. The molecule has 7 aromatic heterocycles. The van der Waals surface area contributed by atoms with Crippen molar-refractivity contribution in [1.82, 2.24) is 43.0 Å². The molecular weight excluding hydrogens is 1920 g/mol. The number of pyridine rings is 7.